The van der Waals surface area contributed by atoms with E-state index < -0.39 is 0 Å². The van der Waals surface area contributed by atoms with Crippen molar-refractivity contribution in [1.82, 2.24) is 29.8 Å². The van der Waals surface area contributed by atoms with E-state index in [2.05, 4.69) is 20.2 Å². The molecule has 4 heterocycles. The molecule has 9 heteroatoms. The first kappa shape index (κ1) is 21.0. The Morgan fingerprint density at radius 3 is 2.85 bits per heavy atom. The highest BCUT2D eigenvalue weighted by Gasteiger charge is 2.28. The van der Waals surface area contributed by atoms with E-state index in [9.17, 15) is 9.18 Å². The van der Waals surface area contributed by atoms with Crippen molar-refractivity contribution in [3.8, 4) is 0 Å². The predicted octanol–water partition coefficient (Wildman–Crippen LogP) is 3.13. The highest BCUT2D eigenvalue weighted by molar-refractivity contribution is 5.98. The molecule has 0 unspecified atom stereocenters. The van der Waals surface area contributed by atoms with Crippen molar-refractivity contribution < 1.29 is 13.9 Å². The van der Waals surface area contributed by atoms with Crippen LogP contribution in [0.4, 0.5) is 4.39 Å². The molecule has 2 aromatic heterocycles. The van der Waals surface area contributed by atoms with Crippen LogP contribution < -0.4 is 0 Å². The number of aromatic nitrogens is 4. The Bertz CT molecular complexity index is 1340. The number of benzene rings is 2. The van der Waals surface area contributed by atoms with Gasteiger partial charge in [0.1, 0.15) is 17.6 Å². The van der Waals surface area contributed by atoms with Gasteiger partial charge in [-0.2, -0.15) is 0 Å². The summed E-state index contributed by atoms with van der Waals surface area (Å²) in [4.78, 5) is 20.3. The van der Waals surface area contributed by atoms with Crippen LogP contribution in [0.3, 0.4) is 0 Å². The number of rotatable bonds is 4. The van der Waals surface area contributed by atoms with Crippen LogP contribution in [0.2, 0.25) is 0 Å². The number of carbonyl (C=O) groups is 1. The summed E-state index contributed by atoms with van der Waals surface area (Å²) in [5, 5.41) is 9.82. The first-order valence-corrected chi connectivity index (χ1v) is 11.5. The summed E-state index contributed by atoms with van der Waals surface area (Å²) in [5.41, 5.74) is 4.35. The summed E-state index contributed by atoms with van der Waals surface area (Å²) >= 11 is 0. The van der Waals surface area contributed by atoms with Crippen molar-refractivity contribution in [3.63, 3.8) is 0 Å². The average Bonchev–Trinajstić information content (AvgIpc) is 3.50. The molecule has 0 aliphatic carbocycles. The third kappa shape index (κ3) is 3.97. The Balaban J connectivity index is 1.07. The number of nitrogens with zero attached hydrogens (tertiary/aromatic N) is 5. The van der Waals surface area contributed by atoms with Gasteiger partial charge in [-0.15, -0.1) is 5.10 Å². The summed E-state index contributed by atoms with van der Waals surface area (Å²) in [6.45, 7) is 4.46. The van der Waals surface area contributed by atoms with E-state index in [-0.39, 0.29) is 17.8 Å². The number of ether oxygens (including phenoxy) is 1. The molecule has 8 nitrogen and oxygen atoms in total. The number of H-pyrrole nitrogens is 1. The number of carbonyl (C=O) groups excluding carboxylic acids is 1. The first-order chi connectivity index (χ1) is 16.6. The minimum atomic E-state index is -0.270. The van der Waals surface area contributed by atoms with Gasteiger partial charge in [0, 0.05) is 50.0 Å². The molecule has 1 amide bonds. The van der Waals surface area contributed by atoms with Gasteiger partial charge >= 0.3 is 0 Å². The summed E-state index contributed by atoms with van der Waals surface area (Å²) in [6, 6.07) is 14.3. The number of hydrogen-bond donors (Lipinski definition) is 1. The monoisotopic (exact) mass is 460 g/mol. The molecule has 34 heavy (non-hydrogen) atoms. The van der Waals surface area contributed by atoms with Gasteiger partial charge in [-0.3, -0.25) is 9.69 Å². The Labute approximate surface area is 195 Å². The molecule has 1 fully saturated rings. The topological polar surface area (TPSA) is 79.3 Å². The fourth-order valence-corrected chi connectivity index (χ4v) is 4.78. The Morgan fingerprint density at radius 2 is 2.00 bits per heavy atom. The molecule has 0 spiro atoms. The third-order valence-electron chi connectivity index (χ3n) is 6.73. The van der Waals surface area contributed by atoms with Gasteiger partial charge in [0.15, 0.2) is 0 Å². The zero-order chi connectivity index (χ0) is 23.1. The minimum absolute atomic E-state index is 0.0639. The van der Waals surface area contributed by atoms with Crippen LogP contribution in [-0.2, 0) is 24.4 Å². The molecule has 1 atom stereocenters. The van der Waals surface area contributed by atoms with E-state index in [0.29, 0.717) is 38.3 Å². The smallest absolute Gasteiger partial charge is 0.254 e. The second-order valence-electron chi connectivity index (χ2n) is 8.87. The minimum Gasteiger partial charge on any atom is -0.365 e. The molecule has 1 N–H and O–H groups in total. The van der Waals surface area contributed by atoms with Gasteiger partial charge < -0.3 is 14.6 Å². The maximum absolute atomic E-state index is 13.6. The molecule has 0 bridgehead atoms. The summed E-state index contributed by atoms with van der Waals surface area (Å²) in [5.74, 6) is -0.206. The van der Waals surface area contributed by atoms with Crippen LogP contribution in [-0.4, -0.2) is 61.9 Å². The van der Waals surface area contributed by atoms with Crippen LogP contribution in [0.1, 0.15) is 33.4 Å². The highest BCUT2D eigenvalue weighted by atomic mass is 19.1. The van der Waals surface area contributed by atoms with Crippen molar-refractivity contribution in [3.05, 3.63) is 83.1 Å². The van der Waals surface area contributed by atoms with Gasteiger partial charge in [0.2, 0.25) is 0 Å². The largest absolute Gasteiger partial charge is 0.365 e. The fourth-order valence-electron chi connectivity index (χ4n) is 4.78. The molecule has 0 radical (unpaired) electrons. The molecule has 4 aromatic rings. The normalized spacial score (nSPS) is 18.9. The zero-order valence-electron chi connectivity index (χ0n) is 18.7. The summed E-state index contributed by atoms with van der Waals surface area (Å²) < 4.78 is 21.5. The summed E-state index contributed by atoms with van der Waals surface area (Å²) in [6.07, 6.45) is 1.64. The lowest BCUT2D eigenvalue weighted by atomic mass is 10.1. The lowest BCUT2D eigenvalue weighted by Crippen LogP contribution is -2.48. The number of hydrogen-bond acceptors (Lipinski definition) is 5. The number of piperazine rings is 1. The number of fused-ring (bicyclic) bond motifs is 2. The standard InChI is InChI=1S/C25H25FN6O2/c26-20-3-1-2-18(12-20)24-15-32-23(16-34-24)22(28-29-32)14-30-8-10-31(11-9-30)25(33)19-5-4-17-6-7-27-21(17)13-19/h1-7,12-13,24,27H,8-11,14-16H2/t24-/m1/s1. The molecular formula is C25H25FN6O2. The molecular weight excluding hydrogens is 435 g/mol. The molecule has 1 saturated heterocycles. The van der Waals surface area contributed by atoms with E-state index in [1.165, 1.54) is 12.1 Å². The number of aromatic amines is 1. The number of halogens is 1. The average molecular weight is 461 g/mol. The van der Waals surface area contributed by atoms with Crippen molar-refractivity contribution in [2.24, 2.45) is 0 Å². The van der Waals surface area contributed by atoms with E-state index in [1.807, 2.05) is 46.1 Å². The van der Waals surface area contributed by atoms with Crippen LogP contribution >= 0.6 is 0 Å². The Hall–Kier alpha value is -3.56. The van der Waals surface area contributed by atoms with E-state index in [4.69, 9.17) is 4.74 Å². The molecule has 0 saturated carbocycles. The number of nitrogens with one attached hydrogen (secondary N) is 1. The van der Waals surface area contributed by atoms with Crippen molar-refractivity contribution in [2.75, 3.05) is 26.2 Å². The van der Waals surface area contributed by atoms with Gasteiger partial charge in [0.05, 0.1) is 18.8 Å². The van der Waals surface area contributed by atoms with Gasteiger partial charge in [-0.05, 0) is 41.3 Å². The molecule has 2 aliphatic heterocycles. The second-order valence-corrected chi connectivity index (χ2v) is 8.87. The second kappa shape index (κ2) is 8.66. The van der Waals surface area contributed by atoms with E-state index in [0.717, 1.165) is 40.9 Å². The number of amides is 1. The molecule has 6 rings (SSSR count). The van der Waals surface area contributed by atoms with E-state index >= 15 is 0 Å². The lowest BCUT2D eigenvalue weighted by molar-refractivity contribution is -0.00236. The van der Waals surface area contributed by atoms with Crippen molar-refractivity contribution >= 4 is 16.8 Å². The molecule has 2 aliphatic rings. The van der Waals surface area contributed by atoms with Crippen LogP contribution in [0.25, 0.3) is 10.9 Å². The molecule has 174 valence electrons. The first-order valence-electron chi connectivity index (χ1n) is 11.5. The lowest BCUT2D eigenvalue weighted by Gasteiger charge is -2.34. The van der Waals surface area contributed by atoms with Crippen LogP contribution in [0.5, 0.6) is 0 Å². The van der Waals surface area contributed by atoms with Crippen LogP contribution in [0.15, 0.2) is 54.7 Å². The van der Waals surface area contributed by atoms with Crippen molar-refractivity contribution in [1.29, 1.82) is 0 Å². The van der Waals surface area contributed by atoms with Gasteiger partial charge in [-0.25, -0.2) is 9.07 Å². The maximum Gasteiger partial charge on any atom is 0.254 e. The summed E-state index contributed by atoms with van der Waals surface area (Å²) in [7, 11) is 0. The quantitative estimate of drug-likeness (QED) is 0.506. The predicted molar refractivity (Wildman–Crippen MR) is 123 cm³/mol. The third-order valence-corrected chi connectivity index (χ3v) is 6.73. The fraction of sp³-hybridized carbons (Fsp3) is 0.320. The molecule has 2 aromatic carbocycles. The Morgan fingerprint density at radius 1 is 1.12 bits per heavy atom. The Kier molecular flexibility index (Phi) is 5.35. The highest BCUT2D eigenvalue weighted by Crippen LogP contribution is 2.28. The SMILES string of the molecule is O=C(c1ccc2cc[nH]c2c1)N1CCN(Cc2nnn3c2CO[C@@H](c2cccc(F)c2)C3)CC1. The zero-order valence-corrected chi connectivity index (χ0v) is 18.7. The maximum atomic E-state index is 13.6. The van der Waals surface area contributed by atoms with E-state index in [1.54, 1.807) is 6.07 Å². The van der Waals surface area contributed by atoms with Gasteiger partial charge in [-0.1, -0.05) is 23.4 Å². The van der Waals surface area contributed by atoms with Gasteiger partial charge in [0.25, 0.3) is 5.91 Å². The van der Waals surface area contributed by atoms with Crippen molar-refractivity contribution in [2.45, 2.75) is 25.8 Å². The van der Waals surface area contributed by atoms with Crippen LogP contribution in [0, 0.1) is 5.82 Å².